The van der Waals surface area contributed by atoms with Gasteiger partial charge in [-0.2, -0.15) is 0 Å². The molecule has 1 fully saturated rings. The van der Waals surface area contributed by atoms with Crippen molar-refractivity contribution < 1.29 is 18.3 Å². The van der Waals surface area contributed by atoms with Gasteiger partial charge in [0.1, 0.15) is 0 Å². The molecule has 0 bridgehead atoms. The molecule has 1 unspecified atom stereocenters. The second-order valence-electron chi connectivity index (χ2n) is 4.68. The number of fused-ring (bicyclic) bond motifs is 1. The van der Waals surface area contributed by atoms with Gasteiger partial charge in [-0.15, -0.1) is 0 Å². The first-order chi connectivity index (χ1) is 10.5. The maximum atomic E-state index is 12.3. The molecule has 2 N–H and O–H groups in total. The van der Waals surface area contributed by atoms with Gasteiger partial charge >= 0.3 is 0 Å². The van der Waals surface area contributed by atoms with Crippen molar-refractivity contribution in [1.82, 2.24) is 4.72 Å². The summed E-state index contributed by atoms with van der Waals surface area (Å²) in [6.45, 7) is 0. The van der Waals surface area contributed by atoms with Crippen molar-refractivity contribution in [2.45, 2.75) is 11.1 Å². The van der Waals surface area contributed by atoms with Crippen molar-refractivity contribution in [1.29, 1.82) is 0 Å². The molecule has 112 valence electrons. The third-order valence-corrected chi connectivity index (χ3v) is 4.91. The third-order valence-electron chi connectivity index (χ3n) is 3.48. The number of hydrogen-bond acceptors (Lipinski definition) is 4. The second-order valence-corrected chi connectivity index (χ2v) is 6.57. The molecule has 2 aliphatic rings. The number of carbonyl (C=O) groups is 1. The molecule has 1 aromatic carbocycles. The number of allylic oxidation sites excluding steroid dienone is 2. The van der Waals surface area contributed by atoms with Gasteiger partial charge in [-0.05, 0) is 43.5 Å². The van der Waals surface area contributed by atoms with E-state index in [1.165, 1.54) is 36.2 Å². The highest BCUT2D eigenvalue weighted by atomic mass is 32.2. The number of aliphatic hydroxyl groups excluding tert-OH is 1. The van der Waals surface area contributed by atoms with Crippen molar-refractivity contribution in [3.05, 3.63) is 59.0 Å². The summed E-state index contributed by atoms with van der Waals surface area (Å²) >= 11 is 0. The summed E-state index contributed by atoms with van der Waals surface area (Å²) in [7, 11) is -2.23. The summed E-state index contributed by atoms with van der Waals surface area (Å²) < 4.78 is 25.6. The molecule has 3 rings (SSSR count). The minimum absolute atomic E-state index is 0.0808. The SMILES string of the molecule is CNS(=O)(=O)c1ccc(N2C(=O)C3=C=C=CC=C3C2O)cc1. The van der Waals surface area contributed by atoms with Crippen LogP contribution in [0, 0.1) is 0 Å². The highest BCUT2D eigenvalue weighted by Crippen LogP contribution is 2.33. The van der Waals surface area contributed by atoms with E-state index < -0.39 is 22.2 Å². The lowest BCUT2D eigenvalue weighted by Gasteiger charge is -2.20. The summed E-state index contributed by atoms with van der Waals surface area (Å²) in [6, 6.07) is 5.70. The molecule has 1 aliphatic heterocycles. The molecule has 0 radical (unpaired) electrons. The molecule has 0 saturated carbocycles. The summed E-state index contributed by atoms with van der Waals surface area (Å²) in [6.07, 6.45) is 2.05. The number of aliphatic hydroxyl groups is 1. The van der Waals surface area contributed by atoms with Crippen LogP contribution in [-0.2, 0) is 14.8 Å². The van der Waals surface area contributed by atoms with Crippen LogP contribution in [0.25, 0.3) is 0 Å². The topological polar surface area (TPSA) is 86.7 Å². The zero-order valence-electron chi connectivity index (χ0n) is 11.6. The standard InChI is InChI=1S/C15H12N2O4S/c1-16-22(20,21)11-8-6-10(7-9-11)17-14(18)12-4-2-3-5-13(12)15(17)19/h2,4,6-9,14,16,18H,1H3. The molecule has 1 atom stereocenters. The number of rotatable bonds is 3. The Bertz CT molecular complexity index is 884. The number of hydrogen-bond donors (Lipinski definition) is 2. The zero-order chi connectivity index (χ0) is 15.9. The lowest BCUT2D eigenvalue weighted by Crippen LogP contribution is -2.33. The summed E-state index contributed by atoms with van der Waals surface area (Å²) in [5.74, 6) is -0.399. The van der Waals surface area contributed by atoms with Crippen LogP contribution in [0.15, 0.2) is 63.9 Å². The first kappa shape index (κ1) is 14.5. The maximum Gasteiger partial charge on any atom is 0.269 e. The van der Waals surface area contributed by atoms with Gasteiger partial charge in [0, 0.05) is 11.3 Å². The van der Waals surface area contributed by atoms with E-state index in [0.29, 0.717) is 11.3 Å². The van der Waals surface area contributed by atoms with Crippen LogP contribution in [-0.4, -0.2) is 32.7 Å². The van der Waals surface area contributed by atoms with E-state index in [0.717, 1.165) is 0 Å². The number of nitrogens with zero attached hydrogens (tertiary/aromatic N) is 1. The van der Waals surface area contributed by atoms with Crippen molar-refractivity contribution in [3.63, 3.8) is 0 Å². The van der Waals surface area contributed by atoms with Gasteiger partial charge in [-0.1, -0.05) is 11.5 Å². The maximum absolute atomic E-state index is 12.3. The van der Waals surface area contributed by atoms with Gasteiger partial charge in [0.25, 0.3) is 5.91 Å². The summed E-state index contributed by atoms with van der Waals surface area (Å²) in [5, 5.41) is 10.3. The molecule has 1 amide bonds. The third kappa shape index (κ3) is 2.14. The Morgan fingerprint density at radius 1 is 1.27 bits per heavy atom. The Balaban J connectivity index is 2.00. The molecule has 0 spiro atoms. The van der Waals surface area contributed by atoms with Gasteiger partial charge in [-0.25, -0.2) is 13.1 Å². The lowest BCUT2D eigenvalue weighted by molar-refractivity contribution is -0.114. The molecule has 1 saturated heterocycles. The van der Waals surface area contributed by atoms with Crippen LogP contribution in [0.2, 0.25) is 0 Å². The normalized spacial score (nSPS) is 20.0. The van der Waals surface area contributed by atoms with Crippen molar-refractivity contribution >= 4 is 21.6 Å². The fraction of sp³-hybridized carbons (Fsp3) is 0.133. The minimum Gasteiger partial charge on any atom is -0.369 e. The van der Waals surface area contributed by atoms with Gasteiger partial charge in [0.15, 0.2) is 6.23 Å². The first-order valence-electron chi connectivity index (χ1n) is 6.43. The van der Waals surface area contributed by atoms with Gasteiger partial charge in [0.2, 0.25) is 10.0 Å². The van der Waals surface area contributed by atoms with E-state index in [2.05, 4.69) is 16.2 Å². The highest BCUT2D eigenvalue weighted by Gasteiger charge is 2.40. The van der Waals surface area contributed by atoms with Crippen molar-refractivity contribution in [2.75, 3.05) is 11.9 Å². The van der Waals surface area contributed by atoms with Crippen molar-refractivity contribution in [3.8, 4) is 0 Å². The largest absolute Gasteiger partial charge is 0.369 e. The zero-order valence-corrected chi connectivity index (χ0v) is 12.4. The highest BCUT2D eigenvalue weighted by molar-refractivity contribution is 7.89. The number of anilines is 1. The predicted octanol–water partition coefficient (Wildman–Crippen LogP) is 0.436. The smallest absolute Gasteiger partial charge is 0.269 e. The second kappa shape index (κ2) is 5.10. The predicted molar refractivity (Wildman–Crippen MR) is 79.4 cm³/mol. The molecule has 1 aliphatic carbocycles. The Labute approximate surface area is 127 Å². The molecule has 22 heavy (non-hydrogen) atoms. The van der Waals surface area contributed by atoms with Crippen LogP contribution >= 0.6 is 0 Å². The van der Waals surface area contributed by atoms with E-state index in [1.54, 1.807) is 12.2 Å². The van der Waals surface area contributed by atoms with Crippen LogP contribution in [0.1, 0.15) is 0 Å². The van der Waals surface area contributed by atoms with Crippen molar-refractivity contribution in [2.24, 2.45) is 0 Å². The van der Waals surface area contributed by atoms with Crippen LogP contribution in [0.4, 0.5) is 5.69 Å². The molecule has 1 aromatic rings. The Morgan fingerprint density at radius 2 is 1.95 bits per heavy atom. The Hall–Kier alpha value is -2.40. The van der Waals surface area contributed by atoms with E-state index in [9.17, 15) is 18.3 Å². The average molecular weight is 316 g/mol. The quantitative estimate of drug-likeness (QED) is 0.792. The fourth-order valence-corrected chi connectivity index (χ4v) is 3.06. The van der Waals surface area contributed by atoms with E-state index in [-0.39, 0.29) is 10.5 Å². The molecular formula is C15H12N2O4S. The molecule has 6 nitrogen and oxygen atoms in total. The number of sulfonamides is 1. The van der Waals surface area contributed by atoms with E-state index in [1.807, 2.05) is 0 Å². The number of amides is 1. The molecule has 7 heteroatoms. The molecule has 1 heterocycles. The van der Waals surface area contributed by atoms with E-state index >= 15 is 0 Å². The lowest BCUT2D eigenvalue weighted by atomic mass is 10.1. The molecular weight excluding hydrogens is 304 g/mol. The minimum atomic E-state index is -3.55. The van der Waals surface area contributed by atoms with E-state index in [4.69, 9.17) is 0 Å². The van der Waals surface area contributed by atoms with Crippen LogP contribution in [0.3, 0.4) is 0 Å². The Kier molecular flexibility index (Phi) is 3.37. The fourth-order valence-electron chi connectivity index (χ4n) is 2.33. The van der Waals surface area contributed by atoms with Gasteiger partial charge < -0.3 is 5.11 Å². The summed E-state index contributed by atoms with van der Waals surface area (Å²) in [5.41, 5.74) is 6.49. The molecule has 0 aromatic heterocycles. The van der Waals surface area contributed by atoms with Gasteiger partial charge in [0.05, 0.1) is 10.5 Å². The first-order valence-corrected chi connectivity index (χ1v) is 7.91. The number of benzene rings is 1. The Morgan fingerprint density at radius 3 is 2.55 bits per heavy atom. The summed E-state index contributed by atoms with van der Waals surface area (Å²) in [4.78, 5) is 13.6. The average Bonchev–Trinajstić information content (AvgIpc) is 2.79. The van der Waals surface area contributed by atoms with Crippen LogP contribution in [0.5, 0.6) is 0 Å². The van der Waals surface area contributed by atoms with Crippen LogP contribution < -0.4 is 9.62 Å². The number of nitrogens with one attached hydrogen (secondary N) is 1. The van der Waals surface area contributed by atoms with Gasteiger partial charge in [-0.3, -0.25) is 9.69 Å². The number of carbonyl (C=O) groups excluding carboxylic acids is 1. The monoisotopic (exact) mass is 316 g/mol.